The number of hydrogen-bond donors (Lipinski definition) is 2. The summed E-state index contributed by atoms with van der Waals surface area (Å²) in [7, 11) is 0.282. The Morgan fingerprint density at radius 2 is 2.22 bits per heavy atom. The van der Waals surface area contributed by atoms with Crippen molar-refractivity contribution < 1.29 is 8.42 Å². The minimum absolute atomic E-state index is 0.164. The quantitative estimate of drug-likeness (QED) is 0.670. The highest BCUT2D eigenvalue weighted by Gasteiger charge is 2.19. The van der Waals surface area contributed by atoms with Gasteiger partial charge in [0.15, 0.2) is 0 Å². The molecule has 0 bridgehead atoms. The van der Waals surface area contributed by atoms with Crippen LogP contribution in [0.2, 0.25) is 0 Å². The topological polar surface area (TPSA) is 93.2 Å². The third-order valence-corrected chi connectivity index (χ3v) is 3.82. The standard InChI is InChI=1S/C10H21N5O2S/c1-9(7-14(2)3)13-18(16,17)10-6-12-15(8-10)5-4-11/h6,8-9,13H,4-5,7,11H2,1-3H3. The van der Waals surface area contributed by atoms with E-state index in [1.165, 1.54) is 17.1 Å². The molecule has 3 N–H and O–H groups in total. The molecule has 0 saturated carbocycles. The molecular formula is C10H21N5O2S. The van der Waals surface area contributed by atoms with Gasteiger partial charge in [-0.3, -0.25) is 4.68 Å². The van der Waals surface area contributed by atoms with Crippen molar-refractivity contribution in [2.24, 2.45) is 5.73 Å². The van der Waals surface area contributed by atoms with Crippen LogP contribution in [0.4, 0.5) is 0 Å². The van der Waals surface area contributed by atoms with Crippen LogP contribution in [0.5, 0.6) is 0 Å². The van der Waals surface area contributed by atoms with Crippen LogP contribution < -0.4 is 10.5 Å². The molecule has 0 amide bonds. The lowest BCUT2D eigenvalue weighted by atomic mass is 10.3. The molecule has 0 aliphatic heterocycles. The second kappa shape index (κ2) is 6.28. The van der Waals surface area contributed by atoms with Crippen LogP contribution in [0.1, 0.15) is 6.92 Å². The minimum atomic E-state index is -3.50. The van der Waals surface area contributed by atoms with Gasteiger partial charge in [-0.2, -0.15) is 5.10 Å². The second-order valence-corrected chi connectivity index (χ2v) is 6.23. The largest absolute Gasteiger partial charge is 0.329 e. The van der Waals surface area contributed by atoms with E-state index in [0.29, 0.717) is 19.6 Å². The average Bonchev–Trinajstić information content (AvgIpc) is 2.65. The summed E-state index contributed by atoms with van der Waals surface area (Å²) in [5.74, 6) is 0. The van der Waals surface area contributed by atoms with E-state index in [0.717, 1.165) is 0 Å². The summed E-state index contributed by atoms with van der Waals surface area (Å²) < 4.78 is 28.2. The summed E-state index contributed by atoms with van der Waals surface area (Å²) in [6.45, 7) is 3.38. The van der Waals surface area contributed by atoms with Gasteiger partial charge in [0.05, 0.1) is 12.7 Å². The van der Waals surface area contributed by atoms with E-state index in [1.54, 1.807) is 0 Å². The van der Waals surface area contributed by atoms with Gasteiger partial charge in [0.2, 0.25) is 10.0 Å². The fraction of sp³-hybridized carbons (Fsp3) is 0.700. The Balaban J connectivity index is 2.73. The summed E-state index contributed by atoms with van der Waals surface area (Å²) in [4.78, 5) is 2.09. The van der Waals surface area contributed by atoms with Crippen molar-refractivity contribution in [3.63, 3.8) is 0 Å². The Bertz CT molecular complexity index is 468. The normalized spacial score (nSPS) is 14.1. The predicted octanol–water partition coefficient (Wildman–Crippen LogP) is -0.930. The SMILES string of the molecule is CC(CN(C)C)NS(=O)(=O)c1cnn(CCN)c1. The van der Waals surface area contributed by atoms with Gasteiger partial charge < -0.3 is 10.6 Å². The molecule has 1 heterocycles. The molecule has 1 unspecified atom stereocenters. The molecule has 18 heavy (non-hydrogen) atoms. The van der Waals surface area contributed by atoms with Crippen LogP contribution >= 0.6 is 0 Å². The third kappa shape index (κ3) is 4.37. The Labute approximate surface area is 108 Å². The molecule has 1 aromatic heterocycles. The molecule has 8 heteroatoms. The van der Waals surface area contributed by atoms with Gasteiger partial charge in [-0.05, 0) is 21.0 Å². The van der Waals surface area contributed by atoms with Crippen molar-refractivity contribution in [3.05, 3.63) is 12.4 Å². The molecular weight excluding hydrogens is 254 g/mol. The third-order valence-electron chi connectivity index (χ3n) is 2.27. The van der Waals surface area contributed by atoms with Crippen LogP contribution in [-0.2, 0) is 16.6 Å². The number of nitrogens with one attached hydrogen (secondary N) is 1. The van der Waals surface area contributed by atoms with Crippen LogP contribution in [-0.4, -0.2) is 56.3 Å². The average molecular weight is 275 g/mol. The summed E-state index contributed by atoms with van der Waals surface area (Å²) in [6, 6.07) is -0.164. The fourth-order valence-corrected chi connectivity index (χ4v) is 2.84. The predicted molar refractivity (Wildman–Crippen MR) is 69.6 cm³/mol. The number of nitrogens with zero attached hydrogens (tertiary/aromatic N) is 3. The maximum Gasteiger partial charge on any atom is 0.243 e. The lowest BCUT2D eigenvalue weighted by Crippen LogP contribution is -2.39. The number of hydrogen-bond acceptors (Lipinski definition) is 5. The van der Waals surface area contributed by atoms with Crippen molar-refractivity contribution in [2.75, 3.05) is 27.2 Å². The van der Waals surface area contributed by atoms with Gasteiger partial charge in [-0.15, -0.1) is 0 Å². The van der Waals surface area contributed by atoms with Gasteiger partial charge in [0, 0.05) is 25.3 Å². The molecule has 1 atom stereocenters. The Morgan fingerprint density at radius 3 is 2.78 bits per heavy atom. The van der Waals surface area contributed by atoms with E-state index in [2.05, 4.69) is 9.82 Å². The number of rotatable bonds is 7. The lowest BCUT2D eigenvalue weighted by Gasteiger charge is -2.17. The van der Waals surface area contributed by atoms with Gasteiger partial charge >= 0.3 is 0 Å². The Morgan fingerprint density at radius 1 is 1.56 bits per heavy atom. The summed E-state index contributed by atoms with van der Waals surface area (Å²) >= 11 is 0. The van der Waals surface area contributed by atoms with E-state index >= 15 is 0 Å². The second-order valence-electron chi connectivity index (χ2n) is 4.51. The molecule has 0 aliphatic carbocycles. The summed E-state index contributed by atoms with van der Waals surface area (Å²) in [5, 5.41) is 3.95. The molecule has 1 aromatic rings. The maximum atomic E-state index is 12.0. The Kier molecular flexibility index (Phi) is 5.27. The van der Waals surface area contributed by atoms with Crippen LogP contribution in [0.25, 0.3) is 0 Å². The first-order valence-corrected chi connectivity index (χ1v) is 7.23. The molecule has 0 spiro atoms. The Hall–Kier alpha value is -0.960. The zero-order valence-electron chi connectivity index (χ0n) is 11.0. The van der Waals surface area contributed by atoms with Crippen LogP contribution in [0.15, 0.2) is 17.3 Å². The summed E-state index contributed by atoms with van der Waals surface area (Å²) in [6.07, 6.45) is 2.82. The van der Waals surface area contributed by atoms with E-state index in [-0.39, 0.29) is 10.9 Å². The maximum absolute atomic E-state index is 12.0. The van der Waals surface area contributed by atoms with Crippen molar-refractivity contribution in [3.8, 4) is 0 Å². The highest BCUT2D eigenvalue weighted by atomic mass is 32.2. The van der Waals surface area contributed by atoms with Crippen molar-refractivity contribution in [1.29, 1.82) is 0 Å². The number of sulfonamides is 1. The molecule has 0 aliphatic rings. The molecule has 0 fully saturated rings. The first-order chi connectivity index (χ1) is 8.35. The molecule has 7 nitrogen and oxygen atoms in total. The van der Waals surface area contributed by atoms with E-state index in [1.807, 2.05) is 25.9 Å². The van der Waals surface area contributed by atoms with Gasteiger partial charge in [-0.1, -0.05) is 0 Å². The minimum Gasteiger partial charge on any atom is -0.329 e. The first kappa shape index (κ1) is 15.1. The summed E-state index contributed by atoms with van der Waals surface area (Å²) in [5.41, 5.74) is 5.38. The van der Waals surface area contributed by atoms with Crippen molar-refractivity contribution in [1.82, 2.24) is 19.4 Å². The van der Waals surface area contributed by atoms with Crippen molar-refractivity contribution in [2.45, 2.75) is 24.4 Å². The highest BCUT2D eigenvalue weighted by molar-refractivity contribution is 7.89. The number of likely N-dealkylation sites (N-methyl/N-ethyl adjacent to an activating group) is 1. The first-order valence-electron chi connectivity index (χ1n) is 5.74. The van der Waals surface area contributed by atoms with E-state index in [4.69, 9.17) is 5.73 Å². The monoisotopic (exact) mass is 275 g/mol. The number of aromatic nitrogens is 2. The molecule has 0 aromatic carbocycles. The van der Waals surface area contributed by atoms with Crippen molar-refractivity contribution >= 4 is 10.0 Å². The van der Waals surface area contributed by atoms with E-state index in [9.17, 15) is 8.42 Å². The number of nitrogens with two attached hydrogens (primary N) is 1. The van der Waals surface area contributed by atoms with Crippen LogP contribution in [0, 0.1) is 0 Å². The molecule has 0 saturated heterocycles. The zero-order valence-corrected chi connectivity index (χ0v) is 11.8. The zero-order chi connectivity index (χ0) is 13.8. The van der Waals surface area contributed by atoms with Gasteiger partial charge in [0.25, 0.3) is 0 Å². The fourth-order valence-electron chi connectivity index (χ4n) is 1.66. The lowest BCUT2D eigenvalue weighted by molar-refractivity contribution is 0.370. The smallest absolute Gasteiger partial charge is 0.243 e. The van der Waals surface area contributed by atoms with Crippen LogP contribution in [0.3, 0.4) is 0 Å². The van der Waals surface area contributed by atoms with E-state index < -0.39 is 10.0 Å². The molecule has 0 radical (unpaired) electrons. The van der Waals surface area contributed by atoms with Gasteiger partial charge in [0.1, 0.15) is 4.90 Å². The highest BCUT2D eigenvalue weighted by Crippen LogP contribution is 2.07. The molecule has 104 valence electrons. The van der Waals surface area contributed by atoms with Gasteiger partial charge in [-0.25, -0.2) is 13.1 Å². The molecule has 1 rings (SSSR count).